The van der Waals surface area contributed by atoms with Crippen molar-refractivity contribution < 1.29 is 31.8 Å². The lowest BCUT2D eigenvalue weighted by Gasteiger charge is -2.32. The summed E-state index contributed by atoms with van der Waals surface area (Å²) in [5, 5.41) is 0. The number of piperidine rings is 1. The van der Waals surface area contributed by atoms with E-state index in [1.165, 1.54) is 18.3 Å². The summed E-state index contributed by atoms with van der Waals surface area (Å²) < 4.78 is 61.5. The number of H-pyrrole nitrogens is 1. The van der Waals surface area contributed by atoms with Crippen LogP contribution in [0.5, 0.6) is 5.75 Å². The molecule has 1 saturated heterocycles. The molecule has 0 radical (unpaired) electrons. The first kappa shape index (κ1) is 25.4. The van der Waals surface area contributed by atoms with Gasteiger partial charge in [0.2, 0.25) is 0 Å². The molecule has 2 fully saturated rings. The maximum absolute atomic E-state index is 15.0. The van der Waals surface area contributed by atoms with Crippen LogP contribution in [0.25, 0.3) is 11.2 Å². The number of pyridine rings is 1. The van der Waals surface area contributed by atoms with Crippen molar-refractivity contribution in [3.63, 3.8) is 0 Å². The minimum atomic E-state index is -4.79. The Labute approximate surface area is 211 Å². The first-order chi connectivity index (χ1) is 17.7. The maximum Gasteiger partial charge on any atom is 0.573 e. The summed E-state index contributed by atoms with van der Waals surface area (Å²) in [4.78, 5) is 26.8. The normalized spacial score (nSPS) is 21.4. The summed E-state index contributed by atoms with van der Waals surface area (Å²) >= 11 is 0. The zero-order valence-corrected chi connectivity index (χ0v) is 20.4. The van der Waals surface area contributed by atoms with Gasteiger partial charge in [-0.3, -0.25) is 4.79 Å². The Morgan fingerprint density at radius 2 is 1.70 bits per heavy atom. The molecule has 0 unspecified atom stereocenters. The number of methoxy groups -OCH3 is 1. The number of hydrogen-bond acceptors (Lipinski definition) is 5. The van der Waals surface area contributed by atoms with Crippen molar-refractivity contribution in [3.8, 4) is 5.75 Å². The summed E-state index contributed by atoms with van der Waals surface area (Å²) in [5.74, 6) is -0.120. The number of carbonyl (C=O) groups is 1. The van der Waals surface area contributed by atoms with Gasteiger partial charge in [-0.25, -0.2) is 14.4 Å². The smallest absolute Gasteiger partial charge is 0.406 e. The summed E-state index contributed by atoms with van der Waals surface area (Å²) in [5.41, 5.74) is 1.92. The van der Waals surface area contributed by atoms with Crippen LogP contribution in [0.3, 0.4) is 0 Å². The van der Waals surface area contributed by atoms with E-state index >= 15 is 4.39 Å². The third-order valence-corrected chi connectivity index (χ3v) is 7.44. The highest BCUT2D eigenvalue weighted by Crippen LogP contribution is 2.37. The molecule has 3 aromatic rings. The van der Waals surface area contributed by atoms with Gasteiger partial charge < -0.3 is 19.4 Å². The fourth-order valence-corrected chi connectivity index (χ4v) is 5.47. The fourth-order valence-electron chi connectivity index (χ4n) is 5.47. The molecular weight excluding hydrogens is 492 g/mol. The molecule has 0 spiro atoms. The van der Waals surface area contributed by atoms with Gasteiger partial charge in [0.25, 0.3) is 5.91 Å². The predicted molar refractivity (Wildman–Crippen MR) is 127 cm³/mol. The van der Waals surface area contributed by atoms with E-state index in [2.05, 4.69) is 14.7 Å². The summed E-state index contributed by atoms with van der Waals surface area (Å²) in [6.07, 6.45) is 1.58. The number of halogens is 4. The number of likely N-dealkylation sites (tertiary alicyclic amines) is 1. The molecule has 1 aliphatic heterocycles. The number of benzene rings is 1. The number of imidazole rings is 1. The molecule has 11 heteroatoms. The molecule has 0 bridgehead atoms. The van der Waals surface area contributed by atoms with Gasteiger partial charge in [-0.1, -0.05) is 0 Å². The van der Waals surface area contributed by atoms with E-state index in [1.54, 1.807) is 12.0 Å². The summed E-state index contributed by atoms with van der Waals surface area (Å²) in [6, 6.07) is 4.86. The van der Waals surface area contributed by atoms with Gasteiger partial charge in [-0.15, -0.1) is 13.2 Å². The highest BCUT2D eigenvalue weighted by molar-refractivity contribution is 5.94. The van der Waals surface area contributed by atoms with E-state index in [9.17, 15) is 18.0 Å². The topological polar surface area (TPSA) is 80.3 Å². The summed E-state index contributed by atoms with van der Waals surface area (Å²) in [6.45, 7) is 0.789. The first-order valence-electron chi connectivity index (χ1n) is 12.4. The second-order valence-corrected chi connectivity index (χ2v) is 9.69. The molecule has 2 aliphatic rings. The van der Waals surface area contributed by atoms with E-state index < -0.39 is 12.2 Å². The van der Waals surface area contributed by atoms with Crippen LogP contribution < -0.4 is 4.74 Å². The van der Waals surface area contributed by atoms with Crippen LogP contribution in [0.15, 0.2) is 30.5 Å². The Morgan fingerprint density at radius 1 is 1.03 bits per heavy atom. The number of carbonyl (C=O) groups excluding carboxylic acids is 1. The average molecular weight is 521 g/mol. The van der Waals surface area contributed by atoms with Crippen LogP contribution in [0.4, 0.5) is 17.6 Å². The number of amides is 1. The van der Waals surface area contributed by atoms with Crippen molar-refractivity contribution in [1.82, 2.24) is 19.9 Å². The van der Waals surface area contributed by atoms with Gasteiger partial charge in [0.05, 0.1) is 12.3 Å². The number of fused-ring (bicyclic) bond motifs is 1. The molecule has 37 heavy (non-hydrogen) atoms. The fraction of sp³-hybridized carbons (Fsp3) is 0.500. The number of hydrogen-bond donors (Lipinski definition) is 1. The number of nitrogens with one attached hydrogen (secondary N) is 1. The van der Waals surface area contributed by atoms with E-state index in [0.717, 1.165) is 43.6 Å². The number of ether oxygens (including phenoxy) is 2. The van der Waals surface area contributed by atoms with Crippen molar-refractivity contribution in [1.29, 1.82) is 0 Å². The Morgan fingerprint density at radius 3 is 2.32 bits per heavy atom. The summed E-state index contributed by atoms with van der Waals surface area (Å²) in [7, 11) is 1.73. The first-order valence-corrected chi connectivity index (χ1v) is 12.4. The number of alkyl halides is 3. The lowest BCUT2D eigenvalue weighted by molar-refractivity contribution is -0.274. The SMILES string of the molecule is CO[C@H]1CC[C@@H](c2nc3c(C4CCN(C(=O)c5ccc(OC(F)(F)F)cc5)CC4)c(F)cnc3[nH]2)CC1. The number of aromatic nitrogens is 3. The van der Waals surface area contributed by atoms with E-state index in [0.29, 0.717) is 42.7 Å². The molecule has 2 aromatic heterocycles. The van der Waals surface area contributed by atoms with Crippen molar-refractivity contribution in [2.75, 3.05) is 20.2 Å². The van der Waals surface area contributed by atoms with Gasteiger partial charge in [-0.2, -0.15) is 0 Å². The second-order valence-electron chi connectivity index (χ2n) is 9.69. The Bertz CT molecular complexity index is 1250. The number of rotatable bonds is 5. The number of aromatic amines is 1. The molecule has 5 rings (SSSR count). The molecule has 198 valence electrons. The molecule has 1 saturated carbocycles. The van der Waals surface area contributed by atoms with Crippen LogP contribution in [0, 0.1) is 5.82 Å². The van der Waals surface area contributed by atoms with E-state index in [1.807, 2.05) is 0 Å². The Hall–Kier alpha value is -3.21. The van der Waals surface area contributed by atoms with Gasteiger partial charge in [-0.05, 0) is 68.7 Å². The van der Waals surface area contributed by atoms with Crippen LogP contribution in [0.1, 0.15) is 72.1 Å². The van der Waals surface area contributed by atoms with Crippen molar-refractivity contribution in [3.05, 3.63) is 53.2 Å². The van der Waals surface area contributed by atoms with E-state index in [-0.39, 0.29) is 35.2 Å². The molecular formula is C26H28F4N4O3. The highest BCUT2D eigenvalue weighted by atomic mass is 19.4. The highest BCUT2D eigenvalue weighted by Gasteiger charge is 2.32. The zero-order chi connectivity index (χ0) is 26.2. The molecule has 1 aromatic carbocycles. The third-order valence-electron chi connectivity index (χ3n) is 7.44. The molecule has 0 atom stereocenters. The minimum Gasteiger partial charge on any atom is -0.406 e. The van der Waals surface area contributed by atoms with Gasteiger partial charge in [0.15, 0.2) is 5.65 Å². The third kappa shape index (κ3) is 5.56. The van der Waals surface area contributed by atoms with Gasteiger partial charge in [0, 0.05) is 37.2 Å². The van der Waals surface area contributed by atoms with Crippen LogP contribution >= 0.6 is 0 Å². The predicted octanol–water partition coefficient (Wildman–Crippen LogP) is 5.69. The van der Waals surface area contributed by atoms with E-state index in [4.69, 9.17) is 9.72 Å². The van der Waals surface area contributed by atoms with Crippen LogP contribution in [-0.4, -0.2) is 58.4 Å². The monoisotopic (exact) mass is 520 g/mol. The Balaban J connectivity index is 1.27. The largest absolute Gasteiger partial charge is 0.573 e. The molecule has 7 nitrogen and oxygen atoms in total. The van der Waals surface area contributed by atoms with Gasteiger partial charge >= 0.3 is 6.36 Å². The standard InChI is InChI=1S/C26H28F4N4O3/c1-36-18-6-2-16(3-7-18)23-32-22-21(20(27)14-31-24(22)33-23)15-10-12-34(13-11-15)25(35)17-4-8-19(9-5-17)37-26(28,29)30/h4-5,8-9,14-16,18H,2-3,6-7,10-13H2,1H3,(H,31,32,33)/t16-,18+. The van der Waals surface area contributed by atoms with Crippen molar-refractivity contribution in [2.24, 2.45) is 0 Å². The molecule has 3 heterocycles. The van der Waals surface area contributed by atoms with Crippen LogP contribution in [-0.2, 0) is 4.74 Å². The van der Waals surface area contributed by atoms with Crippen molar-refractivity contribution in [2.45, 2.75) is 62.8 Å². The lowest BCUT2D eigenvalue weighted by atomic mass is 9.87. The molecule has 1 N–H and O–H groups in total. The second kappa shape index (κ2) is 10.3. The quantitative estimate of drug-likeness (QED) is 0.438. The molecule has 1 amide bonds. The Kier molecular flexibility index (Phi) is 7.06. The molecule has 1 aliphatic carbocycles. The van der Waals surface area contributed by atoms with Gasteiger partial charge in [0.1, 0.15) is 22.9 Å². The minimum absolute atomic E-state index is 0.127. The maximum atomic E-state index is 15.0. The zero-order valence-electron chi connectivity index (χ0n) is 20.4. The van der Waals surface area contributed by atoms with Crippen molar-refractivity contribution >= 4 is 17.1 Å². The van der Waals surface area contributed by atoms with Crippen LogP contribution in [0.2, 0.25) is 0 Å². The number of nitrogens with zero attached hydrogens (tertiary/aromatic N) is 3. The lowest BCUT2D eigenvalue weighted by Crippen LogP contribution is -2.38. The average Bonchev–Trinajstić information content (AvgIpc) is 3.32.